The summed E-state index contributed by atoms with van der Waals surface area (Å²) < 4.78 is 2.03. The summed E-state index contributed by atoms with van der Waals surface area (Å²) in [5.41, 5.74) is 7.18. The Morgan fingerprint density at radius 1 is 1.45 bits per heavy atom. The van der Waals surface area contributed by atoms with Gasteiger partial charge in [0.05, 0.1) is 12.4 Å². The van der Waals surface area contributed by atoms with Gasteiger partial charge in [-0.1, -0.05) is 0 Å². The maximum absolute atomic E-state index is 10.9. The number of imidazole rings is 1. The number of nitrogens with two attached hydrogens (primary N) is 1. The number of carboxylic acid groups (broad SMARTS) is 1. The highest BCUT2D eigenvalue weighted by molar-refractivity contribution is 5.81. The standard InChI is InChI=1S/C14H20N6O2/c1-16-9-4-8(5-11(21)22)2-3-10(9)20-7-19-12-13(15)17-6-18-14(12)20/h6-10,16H,2-5H2,1H3,(H,21,22)(H2,15,17,18)/t8-,9+,10-/m1/s1. The van der Waals surface area contributed by atoms with Gasteiger partial charge in [-0.25, -0.2) is 15.0 Å². The van der Waals surface area contributed by atoms with Gasteiger partial charge < -0.3 is 20.7 Å². The molecule has 3 rings (SSSR count). The lowest BCUT2D eigenvalue weighted by Crippen LogP contribution is -2.40. The highest BCUT2D eigenvalue weighted by atomic mass is 16.4. The van der Waals surface area contributed by atoms with Gasteiger partial charge in [-0.15, -0.1) is 0 Å². The van der Waals surface area contributed by atoms with E-state index in [1.54, 1.807) is 6.33 Å². The minimum absolute atomic E-state index is 0.187. The molecule has 0 unspecified atom stereocenters. The van der Waals surface area contributed by atoms with Crippen molar-refractivity contribution in [3.8, 4) is 0 Å². The van der Waals surface area contributed by atoms with Crippen molar-refractivity contribution in [3.05, 3.63) is 12.7 Å². The van der Waals surface area contributed by atoms with Crippen molar-refractivity contribution in [2.75, 3.05) is 12.8 Å². The van der Waals surface area contributed by atoms with E-state index in [0.717, 1.165) is 24.9 Å². The Morgan fingerprint density at radius 2 is 2.27 bits per heavy atom. The molecule has 118 valence electrons. The van der Waals surface area contributed by atoms with E-state index < -0.39 is 5.97 Å². The number of aromatic nitrogens is 4. The number of carbonyl (C=O) groups is 1. The molecule has 2 heterocycles. The van der Waals surface area contributed by atoms with Gasteiger partial charge >= 0.3 is 5.97 Å². The molecule has 0 amide bonds. The van der Waals surface area contributed by atoms with Crippen LogP contribution in [0.15, 0.2) is 12.7 Å². The molecule has 22 heavy (non-hydrogen) atoms. The number of nitrogen functional groups attached to an aromatic ring is 1. The van der Waals surface area contributed by atoms with E-state index in [2.05, 4.69) is 20.3 Å². The summed E-state index contributed by atoms with van der Waals surface area (Å²) in [6.07, 6.45) is 6.02. The van der Waals surface area contributed by atoms with E-state index in [1.807, 2.05) is 11.6 Å². The zero-order valence-corrected chi connectivity index (χ0v) is 12.4. The van der Waals surface area contributed by atoms with Crippen LogP contribution in [0, 0.1) is 5.92 Å². The van der Waals surface area contributed by atoms with Gasteiger partial charge in [0.15, 0.2) is 11.5 Å². The van der Waals surface area contributed by atoms with Gasteiger partial charge in [-0.2, -0.15) is 0 Å². The average molecular weight is 304 g/mol. The predicted molar refractivity (Wildman–Crippen MR) is 81.2 cm³/mol. The topological polar surface area (TPSA) is 119 Å². The molecule has 3 atom stereocenters. The molecule has 0 radical (unpaired) electrons. The fraction of sp³-hybridized carbons (Fsp3) is 0.571. The third-order valence-electron chi connectivity index (χ3n) is 4.50. The number of nitrogens with zero attached hydrogens (tertiary/aromatic N) is 4. The van der Waals surface area contributed by atoms with Gasteiger partial charge in [-0.05, 0) is 32.2 Å². The lowest BCUT2D eigenvalue weighted by molar-refractivity contribution is -0.138. The number of aliphatic carboxylic acids is 1. The Labute approximate surface area is 127 Å². The number of hydrogen-bond acceptors (Lipinski definition) is 6. The third kappa shape index (κ3) is 2.61. The summed E-state index contributed by atoms with van der Waals surface area (Å²) in [5.74, 6) is -0.142. The van der Waals surface area contributed by atoms with Crippen LogP contribution in [0.3, 0.4) is 0 Å². The second kappa shape index (κ2) is 5.88. The molecule has 0 aromatic carbocycles. The van der Waals surface area contributed by atoms with E-state index in [-0.39, 0.29) is 24.4 Å². The molecule has 1 saturated carbocycles. The maximum Gasteiger partial charge on any atom is 0.303 e. The molecule has 0 bridgehead atoms. The summed E-state index contributed by atoms with van der Waals surface area (Å²) >= 11 is 0. The Hall–Kier alpha value is -2.22. The van der Waals surface area contributed by atoms with Gasteiger partial charge in [0.2, 0.25) is 0 Å². The van der Waals surface area contributed by atoms with E-state index in [0.29, 0.717) is 11.3 Å². The lowest BCUT2D eigenvalue weighted by Gasteiger charge is -2.36. The molecule has 1 aliphatic rings. The van der Waals surface area contributed by atoms with E-state index in [1.165, 1.54) is 6.33 Å². The Bertz CT molecular complexity index is 685. The fourth-order valence-electron chi connectivity index (χ4n) is 3.43. The monoisotopic (exact) mass is 304 g/mol. The second-order valence-electron chi connectivity index (χ2n) is 5.82. The first-order valence-electron chi connectivity index (χ1n) is 7.42. The number of nitrogens with one attached hydrogen (secondary N) is 1. The SMILES string of the molecule is CN[C@H]1C[C@H](CC(=O)O)CC[C@H]1n1cnc2c(N)ncnc21. The molecule has 0 aliphatic heterocycles. The van der Waals surface area contributed by atoms with Crippen molar-refractivity contribution in [2.45, 2.75) is 37.8 Å². The fourth-order valence-corrected chi connectivity index (χ4v) is 3.43. The largest absolute Gasteiger partial charge is 0.481 e. The average Bonchev–Trinajstić information content (AvgIpc) is 2.92. The molecule has 8 nitrogen and oxygen atoms in total. The highest BCUT2D eigenvalue weighted by Crippen LogP contribution is 2.35. The van der Waals surface area contributed by atoms with Crippen LogP contribution in [0.25, 0.3) is 11.2 Å². The summed E-state index contributed by atoms with van der Waals surface area (Å²) in [4.78, 5) is 23.5. The van der Waals surface area contributed by atoms with Crippen molar-refractivity contribution >= 4 is 23.0 Å². The van der Waals surface area contributed by atoms with E-state index in [4.69, 9.17) is 10.8 Å². The molecule has 4 N–H and O–H groups in total. The summed E-state index contributed by atoms with van der Waals surface area (Å²) in [7, 11) is 1.91. The summed E-state index contributed by atoms with van der Waals surface area (Å²) in [6.45, 7) is 0. The number of carboxylic acids is 1. The molecule has 1 fully saturated rings. The van der Waals surface area contributed by atoms with Crippen molar-refractivity contribution in [1.29, 1.82) is 0 Å². The lowest BCUT2D eigenvalue weighted by atomic mass is 9.80. The molecular formula is C14H20N6O2. The second-order valence-corrected chi connectivity index (χ2v) is 5.82. The Morgan fingerprint density at radius 3 is 3.00 bits per heavy atom. The molecule has 2 aromatic rings. The quantitative estimate of drug-likeness (QED) is 0.764. The van der Waals surface area contributed by atoms with Gasteiger partial charge in [-0.3, -0.25) is 4.79 Å². The van der Waals surface area contributed by atoms with Crippen molar-refractivity contribution in [1.82, 2.24) is 24.8 Å². The first kappa shape index (κ1) is 14.7. The van der Waals surface area contributed by atoms with Crippen LogP contribution in [-0.4, -0.2) is 43.7 Å². The van der Waals surface area contributed by atoms with Crippen LogP contribution in [-0.2, 0) is 4.79 Å². The van der Waals surface area contributed by atoms with Crippen LogP contribution >= 0.6 is 0 Å². The van der Waals surface area contributed by atoms with Crippen molar-refractivity contribution < 1.29 is 9.90 Å². The predicted octanol–water partition coefficient (Wildman–Crippen LogP) is 0.812. The molecule has 8 heteroatoms. The number of likely N-dealkylation sites (N-methyl/N-ethyl adjacent to an activating group) is 1. The molecule has 2 aromatic heterocycles. The number of rotatable bonds is 4. The van der Waals surface area contributed by atoms with Gasteiger partial charge in [0.25, 0.3) is 0 Å². The van der Waals surface area contributed by atoms with Crippen LogP contribution in [0.4, 0.5) is 5.82 Å². The maximum atomic E-state index is 10.9. The van der Waals surface area contributed by atoms with Gasteiger partial charge in [0.1, 0.15) is 11.8 Å². The third-order valence-corrected chi connectivity index (χ3v) is 4.50. The molecule has 1 aliphatic carbocycles. The van der Waals surface area contributed by atoms with Crippen LogP contribution in [0.5, 0.6) is 0 Å². The van der Waals surface area contributed by atoms with Crippen LogP contribution in [0.1, 0.15) is 31.7 Å². The minimum atomic E-state index is -0.730. The number of fused-ring (bicyclic) bond motifs is 1. The number of anilines is 1. The number of hydrogen-bond donors (Lipinski definition) is 3. The van der Waals surface area contributed by atoms with E-state index >= 15 is 0 Å². The normalized spacial score (nSPS) is 25.4. The minimum Gasteiger partial charge on any atom is -0.481 e. The highest BCUT2D eigenvalue weighted by Gasteiger charge is 2.32. The van der Waals surface area contributed by atoms with Crippen molar-refractivity contribution in [3.63, 3.8) is 0 Å². The molecule has 0 saturated heterocycles. The van der Waals surface area contributed by atoms with Gasteiger partial charge in [0, 0.05) is 12.5 Å². The zero-order valence-electron chi connectivity index (χ0n) is 12.4. The van der Waals surface area contributed by atoms with E-state index in [9.17, 15) is 4.79 Å². The molecular weight excluding hydrogens is 284 g/mol. The smallest absolute Gasteiger partial charge is 0.303 e. The summed E-state index contributed by atoms with van der Waals surface area (Å²) in [6, 6.07) is 0.376. The Kier molecular flexibility index (Phi) is 3.93. The van der Waals surface area contributed by atoms with Crippen LogP contribution in [0.2, 0.25) is 0 Å². The first-order valence-corrected chi connectivity index (χ1v) is 7.42. The Balaban J connectivity index is 1.87. The first-order chi connectivity index (χ1) is 10.6. The van der Waals surface area contributed by atoms with Crippen LogP contribution < -0.4 is 11.1 Å². The molecule has 0 spiro atoms. The summed E-state index contributed by atoms with van der Waals surface area (Å²) in [5, 5.41) is 12.3. The zero-order chi connectivity index (χ0) is 15.7. The van der Waals surface area contributed by atoms with Crippen molar-refractivity contribution in [2.24, 2.45) is 5.92 Å².